The molecule has 0 aliphatic heterocycles. The van der Waals surface area contributed by atoms with Gasteiger partial charge in [0, 0.05) is 0 Å². The third kappa shape index (κ3) is 1890. The lowest BCUT2D eigenvalue weighted by molar-refractivity contribution is 0.376. The minimum atomic E-state index is -5.64. The van der Waals surface area contributed by atoms with Gasteiger partial charge in [-0.05, 0) is 0 Å². The predicted octanol–water partition coefficient (Wildman–Crippen LogP) is 1.83. The summed E-state index contributed by atoms with van der Waals surface area (Å²) in [6.07, 6.45) is 0. The summed E-state index contributed by atoms with van der Waals surface area (Å²) in [7, 11) is -5.64. The van der Waals surface area contributed by atoms with Gasteiger partial charge in [-0.25, -0.2) is 4.57 Å². The maximum absolute atomic E-state index is 10.1. The van der Waals surface area contributed by atoms with Crippen molar-refractivity contribution in [2.24, 2.45) is 0 Å². The fraction of sp³-hybridized carbons (Fsp3) is 0. The summed E-state index contributed by atoms with van der Waals surface area (Å²) in [5.41, 5.74) is 0. The van der Waals surface area contributed by atoms with Crippen molar-refractivity contribution in [2.45, 2.75) is 0 Å². The van der Waals surface area contributed by atoms with Crippen LogP contribution in [0.4, 0.5) is 8.39 Å². The highest BCUT2D eigenvalue weighted by molar-refractivity contribution is 7.46. The van der Waals surface area contributed by atoms with Crippen LogP contribution >= 0.6 is 7.99 Å². The zero-order chi connectivity index (χ0) is 6.50. The number of rotatable bonds is 0. The van der Waals surface area contributed by atoms with Crippen LogP contribution in [0.15, 0.2) is 13.2 Å². The molecular weight excluding hydrogens is 125 g/mol. The first-order valence-electron chi connectivity index (χ1n) is 1.22. The van der Waals surface area contributed by atoms with Gasteiger partial charge >= 0.3 is 7.99 Å². The van der Waals surface area contributed by atoms with Crippen LogP contribution < -0.4 is 0 Å². The Morgan fingerprint density at radius 1 is 1.43 bits per heavy atom. The molecule has 2 nitrogen and oxygen atoms in total. The van der Waals surface area contributed by atoms with Crippen molar-refractivity contribution in [3.63, 3.8) is 0 Å². The van der Waals surface area contributed by atoms with Gasteiger partial charge in [-0.2, -0.15) is 0 Å². The van der Waals surface area contributed by atoms with E-state index in [9.17, 15) is 8.39 Å². The summed E-state index contributed by atoms with van der Waals surface area (Å²) < 4.78 is 28.7. The van der Waals surface area contributed by atoms with Crippen molar-refractivity contribution < 1.29 is 17.9 Å². The quantitative estimate of drug-likeness (QED) is 0.401. The Morgan fingerprint density at radius 3 is 1.43 bits per heavy atom. The molecule has 0 atom stereocenters. The highest BCUT2D eigenvalue weighted by Gasteiger charge is 2.09. The molecule has 0 saturated heterocycles. The van der Waals surface area contributed by atoms with Gasteiger partial charge in [-0.1, -0.05) is 0 Å². The van der Waals surface area contributed by atoms with Crippen molar-refractivity contribution >= 4 is 7.99 Å². The monoisotopic (exact) mass is 130 g/mol. The second-order valence-corrected chi connectivity index (χ2v) is 1.30. The minimum Gasteiger partial charge on any atom is -0.296 e. The zero-order valence-corrected chi connectivity index (χ0v) is 4.37. The summed E-state index contributed by atoms with van der Waals surface area (Å²) in [5, 5.41) is 0. The molecular formula is C2H5F2O2P. The Balaban J connectivity index is 0. The SMILES string of the molecule is C=C.O=P(O)(F)F. The van der Waals surface area contributed by atoms with Gasteiger partial charge in [-0.15, -0.1) is 21.6 Å². The Labute approximate surface area is 40.2 Å². The van der Waals surface area contributed by atoms with E-state index in [1.54, 1.807) is 0 Å². The molecule has 0 amide bonds. The van der Waals surface area contributed by atoms with Crippen LogP contribution in [0.25, 0.3) is 0 Å². The van der Waals surface area contributed by atoms with Gasteiger partial charge in [0.25, 0.3) is 0 Å². The standard InChI is InChI=1S/C2H4.F2HO2P/c1-2;1-5(2,3)4/h1-2H2;(H,3,4). The molecule has 0 spiro atoms. The van der Waals surface area contributed by atoms with E-state index in [1.807, 2.05) is 0 Å². The van der Waals surface area contributed by atoms with E-state index >= 15 is 0 Å². The van der Waals surface area contributed by atoms with Crippen LogP contribution in [0.3, 0.4) is 0 Å². The van der Waals surface area contributed by atoms with Crippen molar-refractivity contribution in [1.29, 1.82) is 0 Å². The topological polar surface area (TPSA) is 37.3 Å². The molecule has 0 rings (SSSR count). The molecule has 0 aromatic rings. The van der Waals surface area contributed by atoms with Gasteiger partial charge in [0.1, 0.15) is 0 Å². The van der Waals surface area contributed by atoms with E-state index in [1.165, 1.54) is 0 Å². The summed E-state index contributed by atoms with van der Waals surface area (Å²) in [5.74, 6) is 0. The van der Waals surface area contributed by atoms with Crippen LogP contribution in [0, 0.1) is 0 Å². The van der Waals surface area contributed by atoms with E-state index in [4.69, 9.17) is 9.46 Å². The first-order valence-corrected chi connectivity index (χ1v) is 2.66. The van der Waals surface area contributed by atoms with E-state index in [0.717, 1.165) is 0 Å². The largest absolute Gasteiger partial charge is 0.549 e. The van der Waals surface area contributed by atoms with Gasteiger partial charge < -0.3 is 0 Å². The molecule has 7 heavy (non-hydrogen) atoms. The van der Waals surface area contributed by atoms with Crippen molar-refractivity contribution in [3.8, 4) is 0 Å². The molecule has 0 fully saturated rings. The second kappa shape index (κ2) is 3.96. The minimum absolute atomic E-state index is 3.00. The third-order valence-electron chi connectivity index (χ3n) is 0. The summed E-state index contributed by atoms with van der Waals surface area (Å²) in [4.78, 5) is 6.74. The van der Waals surface area contributed by atoms with Crippen LogP contribution in [0.2, 0.25) is 0 Å². The number of halogens is 2. The molecule has 44 valence electrons. The fourth-order valence-corrected chi connectivity index (χ4v) is 0. The molecule has 0 saturated carbocycles. The van der Waals surface area contributed by atoms with Crippen LogP contribution in [0.1, 0.15) is 0 Å². The molecule has 0 aliphatic carbocycles. The smallest absolute Gasteiger partial charge is 0.296 e. The summed E-state index contributed by atoms with van der Waals surface area (Å²) in [6, 6.07) is 0. The Hall–Kier alpha value is -0.210. The second-order valence-electron chi connectivity index (χ2n) is 0.435. The van der Waals surface area contributed by atoms with Gasteiger partial charge in [-0.3, -0.25) is 4.89 Å². The van der Waals surface area contributed by atoms with E-state index in [2.05, 4.69) is 13.2 Å². The molecule has 0 aliphatic rings. The van der Waals surface area contributed by atoms with Crippen LogP contribution in [0.5, 0.6) is 0 Å². The lowest BCUT2D eigenvalue weighted by Crippen LogP contribution is -1.45. The molecule has 0 bridgehead atoms. The third-order valence-corrected chi connectivity index (χ3v) is 0. The Morgan fingerprint density at radius 2 is 1.43 bits per heavy atom. The maximum atomic E-state index is 10.1. The van der Waals surface area contributed by atoms with Gasteiger partial charge in [0.2, 0.25) is 0 Å². The molecule has 1 N–H and O–H groups in total. The molecule has 0 aromatic heterocycles. The lowest BCUT2D eigenvalue weighted by Gasteiger charge is -1.73. The van der Waals surface area contributed by atoms with E-state index in [0.29, 0.717) is 0 Å². The Kier molecular flexibility index (Phi) is 5.62. The normalized spacial score (nSPS) is 9.00. The summed E-state index contributed by atoms with van der Waals surface area (Å²) >= 11 is 0. The van der Waals surface area contributed by atoms with Crippen molar-refractivity contribution in [3.05, 3.63) is 13.2 Å². The van der Waals surface area contributed by atoms with Crippen LogP contribution in [-0.4, -0.2) is 4.89 Å². The highest BCUT2D eigenvalue weighted by atomic mass is 31.2. The zero-order valence-electron chi connectivity index (χ0n) is 3.47. The average molecular weight is 130 g/mol. The van der Waals surface area contributed by atoms with Crippen molar-refractivity contribution in [1.82, 2.24) is 0 Å². The summed E-state index contributed by atoms with van der Waals surface area (Å²) in [6.45, 7) is 6.00. The number of hydrogen-bond acceptors (Lipinski definition) is 1. The molecule has 0 radical (unpaired) electrons. The van der Waals surface area contributed by atoms with E-state index in [-0.39, 0.29) is 0 Å². The first kappa shape index (κ1) is 9.92. The predicted molar refractivity (Wildman–Crippen MR) is 23.3 cm³/mol. The highest BCUT2D eigenvalue weighted by Crippen LogP contribution is 2.43. The molecule has 5 heteroatoms. The van der Waals surface area contributed by atoms with E-state index < -0.39 is 7.99 Å². The fourth-order valence-electron chi connectivity index (χ4n) is 0. The number of hydrogen-bond donors (Lipinski definition) is 1. The van der Waals surface area contributed by atoms with Gasteiger partial charge in [0.15, 0.2) is 0 Å². The lowest BCUT2D eigenvalue weighted by atomic mass is 11.3. The molecule has 0 aromatic carbocycles. The molecule has 0 heterocycles. The maximum Gasteiger partial charge on any atom is 0.549 e. The van der Waals surface area contributed by atoms with Gasteiger partial charge in [0.05, 0.1) is 0 Å². The first-order chi connectivity index (χ1) is 3.00. The Bertz CT molecular complexity index is 69.5. The van der Waals surface area contributed by atoms with Crippen molar-refractivity contribution in [2.75, 3.05) is 0 Å². The molecule has 0 unspecified atom stereocenters. The van der Waals surface area contributed by atoms with Crippen LogP contribution in [-0.2, 0) is 4.57 Å². The average Bonchev–Trinajstić information content (AvgIpc) is 1.36.